The van der Waals surface area contributed by atoms with E-state index in [2.05, 4.69) is 26.1 Å². The fourth-order valence-electron chi connectivity index (χ4n) is 3.51. The van der Waals surface area contributed by atoms with E-state index in [1.165, 1.54) is 16.6 Å². The van der Waals surface area contributed by atoms with Gasteiger partial charge in [0.2, 0.25) is 5.91 Å². The van der Waals surface area contributed by atoms with Crippen LogP contribution in [0.15, 0.2) is 9.95 Å². The van der Waals surface area contributed by atoms with Crippen LogP contribution < -0.4 is 16.6 Å². The summed E-state index contributed by atoms with van der Waals surface area (Å²) in [5.41, 5.74) is 6.19. The molecule has 0 saturated heterocycles. The van der Waals surface area contributed by atoms with Gasteiger partial charge in [0.25, 0.3) is 5.56 Å². The number of amides is 3. The zero-order valence-electron chi connectivity index (χ0n) is 17.3. The highest BCUT2D eigenvalue weighted by Gasteiger charge is 2.26. The van der Waals surface area contributed by atoms with Crippen LogP contribution in [0.3, 0.4) is 0 Å². The molecule has 7 nitrogen and oxygen atoms in total. The number of aryl methyl sites for hydroxylation is 1. The summed E-state index contributed by atoms with van der Waals surface area (Å²) >= 11 is 2.78. The largest absolute Gasteiger partial charge is 0.351 e. The molecule has 0 fully saturated rings. The van der Waals surface area contributed by atoms with Crippen LogP contribution in [0.5, 0.6) is 0 Å². The highest BCUT2D eigenvalue weighted by Crippen LogP contribution is 2.37. The number of thiophene rings is 1. The molecule has 3 N–H and O–H groups in total. The maximum absolute atomic E-state index is 13.4. The van der Waals surface area contributed by atoms with Crippen molar-refractivity contribution in [2.24, 2.45) is 17.6 Å². The van der Waals surface area contributed by atoms with Crippen molar-refractivity contribution in [1.29, 1.82) is 0 Å². The number of aromatic nitrogens is 2. The van der Waals surface area contributed by atoms with Gasteiger partial charge in [-0.3, -0.25) is 19.5 Å². The number of nitrogens with zero attached hydrogens (tertiary/aromatic N) is 2. The predicted octanol–water partition coefficient (Wildman–Crippen LogP) is 3.30. The molecule has 0 aliphatic heterocycles. The van der Waals surface area contributed by atoms with E-state index < -0.39 is 17.2 Å². The quantitative estimate of drug-likeness (QED) is 0.534. The minimum absolute atomic E-state index is 0.0206. The SMILES string of the molecule is CC(C)CCn1c(S[C@H](C)C(=O)NC(N)=O)nc2sc3c(c2c1=O)CC[C@H](C)C3. The van der Waals surface area contributed by atoms with E-state index in [-0.39, 0.29) is 5.56 Å². The lowest BCUT2D eigenvalue weighted by Gasteiger charge is -2.18. The van der Waals surface area contributed by atoms with Gasteiger partial charge in [0.05, 0.1) is 10.6 Å². The van der Waals surface area contributed by atoms with Crippen LogP contribution in [-0.2, 0) is 24.2 Å². The van der Waals surface area contributed by atoms with Gasteiger partial charge in [0.1, 0.15) is 4.83 Å². The lowest BCUT2D eigenvalue weighted by molar-refractivity contribution is -0.119. The van der Waals surface area contributed by atoms with Crippen molar-refractivity contribution >= 4 is 45.3 Å². The molecule has 9 heteroatoms. The van der Waals surface area contributed by atoms with Crippen LogP contribution in [0, 0.1) is 11.8 Å². The molecule has 2 heterocycles. The van der Waals surface area contributed by atoms with E-state index in [1.54, 1.807) is 22.8 Å². The fraction of sp³-hybridized carbons (Fsp3) is 0.600. The number of imide groups is 1. The Morgan fingerprint density at radius 3 is 2.76 bits per heavy atom. The van der Waals surface area contributed by atoms with E-state index in [0.717, 1.165) is 41.5 Å². The molecule has 0 aromatic carbocycles. The second-order valence-electron chi connectivity index (χ2n) is 8.18. The van der Waals surface area contributed by atoms with Crippen molar-refractivity contribution < 1.29 is 9.59 Å². The first-order valence-electron chi connectivity index (χ1n) is 9.99. The van der Waals surface area contributed by atoms with E-state index in [4.69, 9.17) is 10.7 Å². The Morgan fingerprint density at radius 1 is 1.38 bits per heavy atom. The molecule has 3 amide bonds. The van der Waals surface area contributed by atoms with Crippen molar-refractivity contribution in [1.82, 2.24) is 14.9 Å². The predicted molar refractivity (Wildman–Crippen MR) is 118 cm³/mol. The van der Waals surface area contributed by atoms with Crippen LogP contribution in [-0.4, -0.2) is 26.7 Å². The molecule has 0 bridgehead atoms. The van der Waals surface area contributed by atoms with Gasteiger partial charge in [-0.05, 0) is 50.0 Å². The first-order valence-corrected chi connectivity index (χ1v) is 11.7. The minimum atomic E-state index is -0.886. The third-order valence-electron chi connectivity index (χ3n) is 5.21. The van der Waals surface area contributed by atoms with E-state index in [0.29, 0.717) is 23.5 Å². The van der Waals surface area contributed by atoms with E-state index >= 15 is 0 Å². The van der Waals surface area contributed by atoms with Gasteiger partial charge < -0.3 is 5.73 Å². The number of urea groups is 1. The van der Waals surface area contributed by atoms with Crippen molar-refractivity contribution in [2.45, 2.75) is 70.3 Å². The topological polar surface area (TPSA) is 107 Å². The van der Waals surface area contributed by atoms with Crippen molar-refractivity contribution in [2.75, 3.05) is 0 Å². The third kappa shape index (κ3) is 4.83. The molecule has 158 valence electrons. The summed E-state index contributed by atoms with van der Waals surface area (Å²) in [6.45, 7) is 8.68. The molecule has 1 aliphatic carbocycles. The second-order valence-corrected chi connectivity index (χ2v) is 10.6. The highest BCUT2D eigenvalue weighted by molar-refractivity contribution is 8.00. The summed E-state index contributed by atoms with van der Waals surface area (Å²) in [6.07, 6.45) is 3.83. The van der Waals surface area contributed by atoms with Crippen LogP contribution in [0.4, 0.5) is 4.79 Å². The summed E-state index contributed by atoms with van der Waals surface area (Å²) in [6, 6.07) is -0.886. The van der Waals surface area contributed by atoms with Crippen LogP contribution in [0.25, 0.3) is 10.2 Å². The zero-order valence-corrected chi connectivity index (χ0v) is 18.9. The number of nitrogens with one attached hydrogen (secondary N) is 1. The number of hydrogen-bond acceptors (Lipinski definition) is 6. The van der Waals surface area contributed by atoms with Gasteiger partial charge in [0, 0.05) is 11.4 Å². The first-order chi connectivity index (χ1) is 13.7. The van der Waals surface area contributed by atoms with Crippen molar-refractivity contribution in [3.63, 3.8) is 0 Å². The molecule has 0 saturated carbocycles. The van der Waals surface area contributed by atoms with Crippen LogP contribution in [0.2, 0.25) is 0 Å². The van der Waals surface area contributed by atoms with Gasteiger partial charge in [-0.2, -0.15) is 0 Å². The maximum Gasteiger partial charge on any atom is 0.318 e. The van der Waals surface area contributed by atoms with Gasteiger partial charge >= 0.3 is 6.03 Å². The Labute approximate surface area is 178 Å². The molecular formula is C20H28N4O3S2. The number of rotatable bonds is 6. The molecule has 2 atom stereocenters. The smallest absolute Gasteiger partial charge is 0.318 e. The Kier molecular flexibility index (Phi) is 6.68. The van der Waals surface area contributed by atoms with Gasteiger partial charge in [-0.15, -0.1) is 11.3 Å². The summed E-state index contributed by atoms with van der Waals surface area (Å²) in [4.78, 5) is 43.4. The molecule has 0 spiro atoms. The number of carbonyl (C=O) groups is 2. The third-order valence-corrected chi connectivity index (χ3v) is 7.45. The average molecular weight is 437 g/mol. The monoisotopic (exact) mass is 436 g/mol. The Bertz CT molecular complexity index is 996. The normalized spacial score (nSPS) is 17.3. The first kappa shape index (κ1) is 21.8. The molecule has 29 heavy (non-hydrogen) atoms. The van der Waals surface area contributed by atoms with Gasteiger partial charge in [-0.25, -0.2) is 9.78 Å². The molecule has 2 aromatic heterocycles. The molecular weight excluding hydrogens is 408 g/mol. The summed E-state index contributed by atoms with van der Waals surface area (Å²) in [5.74, 6) is 0.555. The van der Waals surface area contributed by atoms with Crippen molar-refractivity contribution in [3.8, 4) is 0 Å². The molecule has 0 unspecified atom stereocenters. The minimum Gasteiger partial charge on any atom is -0.351 e. The van der Waals surface area contributed by atoms with Gasteiger partial charge in [0.15, 0.2) is 5.16 Å². The Morgan fingerprint density at radius 2 is 2.10 bits per heavy atom. The molecule has 2 aromatic rings. The van der Waals surface area contributed by atoms with Crippen LogP contribution >= 0.6 is 23.1 Å². The number of primary amides is 1. The Balaban J connectivity index is 2.05. The average Bonchev–Trinajstić information content (AvgIpc) is 2.97. The zero-order chi connectivity index (χ0) is 21.3. The molecule has 0 radical (unpaired) electrons. The van der Waals surface area contributed by atoms with E-state index in [1.807, 2.05) is 0 Å². The second kappa shape index (κ2) is 8.87. The summed E-state index contributed by atoms with van der Waals surface area (Å²) < 4.78 is 1.70. The van der Waals surface area contributed by atoms with E-state index in [9.17, 15) is 14.4 Å². The number of hydrogen-bond donors (Lipinski definition) is 2. The maximum atomic E-state index is 13.4. The van der Waals surface area contributed by atoms with Gasteiger partial charge in [-0.1, -0.05) is 32.5 Å². The van der Waals surface area contributed by atoms with Crippen LogP contribution in [0.1, 0.15) is 51.0 Å². The Hall–Kier alpha value is -1.87. The fourth-order valence-corrected chi connectivity index (χ4v) is 5.87. The summed E-state index contributed by atoms with van der Waals surface area (Å²) in [5, 5.41) is 2.76. The van der Waals surface area contributed by atoms with Crippen molar-refractivity contribution in [3.05, 3.63) is 20.8 Å². The number of nitrogens with two attached hydrogens (primary N) is 1. The lowest BCUT2D eigenvalue weighted by Crippen LogP contribution is -2.39. The highest BCUT2D eigenvalue weighted by atomic mass is 32.2. The number of fused-ring (bicyclic) bond motifs is 3. The molecule has 3 rings (SSSR count). The number of carbonyl (C=O) groups excluding carboxylic acids is 2. The number of thioether (sulfide) groups is 1. The lowest BCUT2D eigenvalue weighted by atomic mass is 9.89. The molecule has 1 aliphatic rings. The standard InChI is InChI=1S/C20H28N4O3S2/c1-10(2)7-8-24-18(26)15-13-6-5-11(3)9-14(13)29-17(15)23-20(24)28-12(4)16(25)22-19(21)27/h10-12H,5-9H2,1-4H3,(H3,21,22,25,27)/t11-,12+/m0/s1. The summed E-state index contributed by atoms with van der Waals surface area (Å²) in [7, 11) is 0.